The summed E-state index contributed by atoms with van der Waals surface area (Å²) >= 11 is 0. The quantitative estimate of drug-likeness (QED) is 0.722. The molecule has 0 spiro atoms. The van der Waals surface area contributed by atoms with Crippen molar-refractivity contribution >= 4 is 7.60 Å². The number of rotatable bonds is 4. The van der Waals surface area contributed by atoms with Gasteiger partial charge in [-0.15, -0.1) is 0 Å². The molecule has 0 aliphatic carbocycles. The van der Waals surface area contributed by atoms with E-state index in [0.29, 0.717) is 0 Å². The Morgan fingerprint density at radius 2 is 2.29 bits per heavy atom. The van der Waals surface area contributed by atoms with Crippen molar-refractivity contribution in [1.29, 1.82) is 0 Å². The summed E-state index contributed by atoms with van der Waals surface area (Å²) in [6.45, 7) is 3.21. The van der Waals surface area contributed by atoms with Gasteiger partial charge in [0.2, 0.25) is 0 Å². The molecule has 1 rings (SSSR count). The van der Waals surface area contributed by atoms with E-state index in [1.165, 1.54) is 0 Å². The lowest BCUT2D eigenvalue weighted by molar-refractivity contribution is -0.0261. The minimum atomic E-state index is -3.41. The summed E-state index contributed by atoms with van der Waals surface area (Å²) in [5.41, 5.74) is 0. The van der Waals surface area contributed by atoms with Crippen molar-refractivity contribution in [1.82, 2.24) is 0 Å². The van der Waals surface area contributed by atoms with Gasteiger partial charge >= 0.3 is 7.60 Å². The van der Waals surface area contributed by atoms with Crippen LogP contribution < -0.4 is 0 Å². The normalized spacial score (nSPS) is 37.0. The van der Waals surface area contributed by atoms with Gasteiger partial charge in [0.1, 0.15) is 6.10 Å². The fourth-order valence-corrected chi connectivity index (χ4v) is 1.95. The number of hydrogen-bond donors (Lipinski definition) is 1. The summed E-state index contributed by atoms with van der Waals surface area (Å²) in [5.74, 6) is 0. The van der Waals surface area contributed by atoms with Crippen LogP contribution in [0.5, 0.6) is 0 Å². The summed E-state index contributed by atoms with van der Waals surface area (Å²) in [6, 6.07) is 0. The Kier molecular flexibility index (Phi) is 4.10. The lowest BCUT2D eigenvalue weighted by Gasteiger charge is -2.17. The van der Waals surface area contributed by atoms with E-state index in [1.54, 1.807) is 7.11 Å². The second kappa shape index (κ2) is 4.73. The molecule has 6 heteroatoms. The standard InChI is InChI=1S/C8H17O5P/c1-6-4-7(11-2)8(13-6)5-12-14(3,9)10/h6-8H,4-5H2,1-3H3,(H,9,10)/t6-,7?,8-/m1/s1. The summed E-state index contributed by atoms with van der Waals surface area (Å²) in [7, 11) is -1.81. The van der Waals surface area contributed by atoms with Crippen LogP contribution in [0.3, 0.4) is 0 Å². The third-order valence-electron chi connectivity index (χ3n) is 2.17. The van der Waals surface area contributed by atoms with Crippen molar-refractivity contribution in [3.63, 3.8) is 0 Å². The van der Waals surface area contributed by atoms with E-state index in [2.05, 4.69) is 0 Å². The molecule has 1 heterocycles. The van der Waals surface area contributed by atoms with Crippen molar-refractivity contribution < 1.29 is 23.5 Å². The monoisotopic (exact) mass is 224 g/mol. The topological polar surface area (TPSA) is 65.0 Å². The lowest BCUT2D eigenvalue weighted by Crippen LogP contribution is -2.27. The van der Waals surface area contributed by atoms with Gasteiger partial charge in [-0.3, -0.25) is 4.57 Å². The average Bonchev–Trinajstić information content (AvgIpc) is 2.41. The average molecular weight is 224 g/mol. The minimum Gasteiger partial charge on any atom is -0.379 e. The lowest BCUT2D eigenvalue weighted by atomic mass is 10.1. The van der Waals surface area contributed by atoms with Gasteiger partial charge in [-0.1, -0.05) is 0 Å². The fraction of sp³-hybridized carbons (Fsp3) is 1.00. The van der Waals surface area contributed by atoms with E-state index in [4.69, 9.17) is 18.9 Å². The van der Waals surface area contributed by atoms with E-state index in [-0.39, 0.29) is 24.9 Å². The number of methoxy groups -OCH3 is 1. The minimum absolute atomic E-state index is 0.0449. The van der Waals surface area contributed by atoms with Crippen LogP contribution in [-0.2, 0) is 18.6 Å². The first-order valence-corrected chi connectivity index (χ1v) is 6.58. The summed E-state index contributed by atoms with van der Waals surface area (Å²) < 4.78 is 26.3. The molecule has 0 radical (unpaired) electrons. The third kappa shape index (κ3) is 3.67. The van der Waals surface area contributed by atoms with E-state index >= 15 is 0 Å². The summed E-state index contributed by atoms with van der Waals surface area (Å²) in [5, 5.41) is 0. The summed E-state index contributed by atoms with van der Waals surface area (Å²) in [6.07, 6.45) is 0.625. The smallest absolute Gasteiger partial charge is 0.325 e. The van der Waals surface area contributed by atoms with Gasteiger partial charge < -0.3 is 18.9 Å². The van der Waals surface area contributed by atoms with Gasteiger partial charge in [-0.2, -0.15) is 0 Å². The highest BCUT2D eigenvalue weighted by molar-refractivity contribution is 7.51. The number of ether oxygens (including phenoxy) is 2. The molecule has 0 aromatic rings. The maximum atomic E-state index is 10.9. The zero-order chi connectivity index (χ0) is 10.8. The first-order chi connectivity index (χ1) is 6.42. The SMILES string of the molecule is COC1C[C@@H](C)O[C@@H]1COP(C)(=O)O. The van der Waals surface area contributed by atoms with Crippen LogP contribution in [0.15, 0.2) is 0 Å². The van der Waals surface area contributed by atoms with Gasteiger partial charge in [0.05, 0.1) is 18.8 Å². The van der Waals surface area contributed by atoms with Crippen molar-refractivity contribution in [2.24, 2.45) is 0 Å². The highest BCUT2D eigenvalue weighted by Crippen LogP contribution is 2.37. The molecule has 1 saturated heterocycles. The Hall–Kier alpha value is 0.0700. The second-order valence-electron chi connectivity index (χ2n) is 3.59. The molecular weight excluding hydrogens is 207 g/mol. The molecule has 14 heavy (non-hydrogen) atoms. The highest BCUT2D eigenvalue weighted by Gasteiger charge is 2.34. The van der Waals surface area contributed by atoms with Crippen LogP contribution >= 0.6 is 7.60 Å². The zero-order valence-electron chi connectivity index (χ0n) is 8.67. The number of hydrogen-bond acceptors (Lipinski definition) is 4. The van der Waals surface area contributed by atoms with Crippen LogP contribution in [0.2, 0.25) is 0 Å². The van der Waals surface area contributed by atoms with Crippen molar-refractivity contribution in [2.75, 3.05) is 20.4 Å². The van der Waals surface area contributed by atoms with Crippen molar-refractivity contribution in [3.8, 4) is 0 Å². The van der Waals surface area contributed by atoms with Crippen molar-refractivity contribution in [2.45, 2.75) is 31.7 Å². The molecule has 0 amide bonds. The summed E-state index contributed by atoms with van der Waals surface area (Å²) in [4.78, 5) is 8.94. The van der Waals surface area contributed by atoms with Crippen LogP contribution in [-0.4, -0.2) is 43.6 Å². The van der Waals surface area contributed by atoms with Gasteiger partial charge in [-0.25, -0.2) is 0 Å². The molecule has 0 bridgehead atoms. The molecule has 1 N–H and O–H groups in total. The Labute approximate surface area is 83.9 Å². The van der Waals surface area contributed by atoms with Crippen LogP contribution in [0.1, 0.15) is 13.3 Å². The maximum absolute atomic E-state index is 10.9. The zero-order valence-corrected chi connectivity index (χ0v) is 9.57. The molecule has 1 fully saturated rings. The maximum Gasteiger partial charge on any atom is 0.325 e. The molecule has 1 aliphatic rings. The molecular formula is C8H17O5P. The van der Waals surface area contributed by atoms with E-state index in [9.17, 15) is 4.57 Å². The van der Waals surface area contributed by atoms with E-state index in [0.717, 1.165) is 13.1 Å². The van der Waals surface area contributed by atoms with Gasteiger partial charge in [-0.05, 0) is 6.92 Å². The first kappa shape index (κ1) is 12.1. The predicted octanol–water partition coefficient (Wildman–Crippen LogP) is 1.01. The third-order valence-corrected chi connectivity index (χ3v) is 2.80. The molecule has 4 atom stereocenters. The first-order valence-electron chi connectivity index (χ1n) is 4.55. The van der Waals surface area contributed by atoms with Gasteiger partial charge in [0.15, 0.2) is 0 Å². The molecule has 0 aromatic carbocycles. The Morgan fingerprint density at radius 3 is 2.79 bits per heavy atom. The van der Waals surface area contributed by atoms with Crippen LogP contribution in [0.4, 0.5) is 0 Å². The molecule has 1 aliphatic heterocycles. The predicted molar refractivity (Wildman–Crippen MR) is 51.5 cm³/mol. The molecule has 2 unspecified atom stereocenters. The molecule has 0 aromatic heterocycles. The van der Waals surface area contributed by atoms with Crippen LogP contribution in [0, 0.1) is 0 Å². The van der Waals surface area contributed by atoms with Crippen molar-refractivity contribution in [3.05, 3.63) is 0 Å². The molecule has 0 saturated carbocycles. The largest absolute Gasteiger partial charge is 0.379 e. The Bertz CT molecular complexity index is 226. The Morgan fingerprint density at radius 1 is 1.64 bits per heavy atom. The molecule has 84 valence electrons. The van der Waals surface area contributed by atoms with Crippen LogP contribution in [0.25, 0.3) is 0 Å². The van der Waals surface area contributed by atoms with Gasteiger partial charge in [0.25, 0.3) is 0 Å². The molecule has 5 nitrogen and oxygen atoms in total. The second-order valence-corrected chi connectivity index (χ2v) is 5.46. The van der Waals surface area contributed by atoms with E-state index < -0.39 is 7.60 Å². The highest BCUT2D eigenvalue weighted by atomic mass is 31.2. The fourth-order valence-electron chi connectivity index (χ4n) is 1.53. The Balaban J connectivity index is 2.40. The van der Waals surface area contributed by atoms with E-state index in [1.807, 2.05) is 6.92 Å². The van der Waals surface area contributed by atoms with Gasteiger partial charge in [0, 0.05) is 20.2 Å².